The first-order chi connectivity index (χ1) is 14.0. The Kier molecular flexibility index (Phi) is 6.71. The van der Waals surface area contributed by atoms with Crippen LogP contribution in [0.4, 0.5) is 11.4 Å². The molecule has 1 fully saturated rings. The van der Waals surface area contributed by atoms with Gasteiger partial charge in [-0.25, -0.2) is 0 Å². The van der Waals surface area contributed by atoms with E-state index in [0.717, 1.165) is 31.9 Å². The maximum absolute atomic E-state index is 13.0. The Morgan fingerprint density at radius 1 is 1.03 bits per heavy atom. The third-order valence-electron chi connectivity index (χ3n) is 5.09. The first-order valence-electron chi connectivity index (χ1n) is 9.44. The summed E-state index contributed by atoms with van der Waals surface area (Å²) in [5.41, 5.74) is 2.03. The number of amides is 1. The van der Waals surface area contributed by atoms with E-state index >= 15 is 0 Å². The van der Waals surface area contributed by atoms with Crippen molar-refractivity contribution in [3.05, 3.63) is 40.9 Å². The fourth-order valence-corrected chi connectivity index (χ4v) is 3.59. The summed E-state index contributed by atoms with van der Waals surface area (Å²) in [6.07, 6.45) is 0. The van der Waals surface area contributed by atoms with Crippen molar-refractivity contribution in [2.45, 2.75) is 0 Å². The number of benzene rings is 2. The van der Waals surface area contributed by atoms with Crippen LogP contribution >= 0.6 is 11.6 Å². The molecule has 1 amide bonds. The standard InChI is InChI=1S/C21H26ClN3O4/c1-24-7-9-25(10-8-24)17-6-5-15(22)13-16(17)23-21(26)14-11-18(27-2)20(29-4)19(12-14)28-3/h5-6,11-13H,7-10H2,1-4H3,(H,23,26)/p+1. The lowest BCUT2D eigenvalue weighted by Gasteiger charge is -2.33. The molecule has 2 aromatic carbocycles. The van der Waals surface area contributed by atoms with Crippen LogP contribution in [0.5, 0.6) is 17.2 Å². The average Bonchev–Trinajstić information content (AvgIpc) is 2.73. The number of likely N-dealkylation sites (N-methyl/N-ethyl adjacent to an activating group) is 1. The summed E-state index contributed by atoms with van der Waals surface area (Å²) in [4.78, 5) is 16.8. The van der Waals surface area contributed by atoms with Gasteiger partial charge in [-0.1, -0.05) is 11.6 Å². The maximum Gasteiger partial charge on any atom is 0.255 e. The third kappa shape index (κ3) is 4.68. The van der Waals surface area contributed by atoms with Crippen molar-refractivity contribution in [2.24, 2.45) is 0 Å². The monoisotopic (exact) mass is 420 g/mol. The van der Waals surface area contributed by atoms with Crippen LogP contribution in [0.25, 0.3) is 0 Å². The largest absolute Gasteiger partial charge is 0.493 e. The molecule has 0 aromatic heterocycles. The minimum atomic E-state index is -0.285. The fourth-order valence-electron chi connectivity index (χ4n) is 3.42. The Balaban J connectivity index is 1.90. The van der Waals surface area contributed by atoms with Crippen molar-refractivity contribution in [1.29, 1.82) is 0 Å². The number of anilines is 2. The van der Waals surface area contributed by atoms with Crippen LogP contribution in [0.1, 0.15) is 10.4 Å². The van der Waals surface area contributed by atoms with Gasteiger partial charge in [0, 0.05) is 10.6 Å². The average molecular weight is 421 g/mol. The number of nitrogens with zero attached hydrogens (tertiary/aromatic N) is 1. The quantitative estimate of drug-likeness (QED) is 0.748. The zero-order valence-electron chi connectivity index (χ0n) is 17.2. The second kappa shape index (κ2) is 9.24. The number of halogens is 1. The van der Waals surface area contributed by atoms with Crippen LogP contribution in [-0.4, -0.2) is 60.5 Å². The van der Waals surface area contributed by atoms with Crippen molar-refractivity contribution in [3.63, 3.8) is 0 Å². The Labute approximate surface area is 176 Å². The van der Waals surface area contributed by atoms with Crippen LogP contribution < -0.4 is 29.3 Å². The Bertz CT molecular complexity index is 857. The zero-order valence-corrected chi connectivity index (χ0v) is 17.9. The normalized spacial score (nSPS) is 14.4. The molecule has 2 aromatic rings. The third-order valence-corrected chi connectivity index (χ3v) is 5.33. The van der Waals surface area contributed by atoms with Gasteiger partial charge in [-0.2, -0.15) is 0 Å². The second-order valence-corrected chi connectivity index (χ2v) is 7.41. The summed E-state index contributed by atoms with van der Waals surface area (Å²) >= 11 is 6.21. The lowest BCUT2D eigenvalue weighted by atomic mass is 10.1. The van der Waals surface area contributed by atoms with Crippen LogP contribution in [0.2, 0.25) is 5.02 Å². The van der Waals surface area contributed by atoms with E-state index in [9.17, 15) is 4.79 Å². The molecule has 156 valence electrons. The number of carbonyl (C=O) groups is 1. The highest BCUT2D eigenvalue weighted by Gasteiger charge is 2.22. The van der Waals surface area contributed by atoms with Crippen LogP contribution in [-0.2, 0) is 0 Å². The molecule has 0 bridgehead atoms. The molecule has 0 radical (unpaired) electrons. The first kappa shape index (κ1) is 21.1. The van der Waals surface area contributed by atoms with Gasteiger partial charge < -0.3 is 29.3 Å². The first-order valence-corrected chi connectivity index (χ1v) is 9.81. The molecule has 1 aliphatic heterocycles. The number of hydrogen-bond donors (Lipinski definition) is 2. The van der Waals surface area contributed by atoms with Gasteiger partial charge in [0.25, 0.3) is 5.91 Å². The highest BCUT2D eigenvalue weighted by Crippen LogP contribution is 2.38. The van der Waals surface area contributed by atoms with Gasteiger partial charge in [-0.05, 0) is 30.3 Å². The molecular weight excluding hydrogens is 394 g/mol. The van der Waals surface area contributed by atoms with Crippen LogP contribution in [0.3, 0.4) is 0 Å². The molecule has 2 N–H and O–H groups in total. The van der Waals surface area contributed by atoms with Crippen molar-refractivity contribution in [3.8, 4) is 17.2 Å². The van der Waals surface area contributed by atoms with E-state index in [0.29, 0.717) is 33.5 Å². The minimum Gasteiger partial charge on any atom is -0.493 e. The summed E-state index contributed by atoms with van der Waals surface area (Å²) in [6.45, 7) is 3.92. The van der Waals surface area contributed by atoms with E-state index in [1.54, 1.807) is 18.2 Å². The smallest absolute Gasteiger partial charge is 0.255 e. The van der Waals surface area contributed by atoms with E-state index in [4.69, 9.17) is 25.8 Å². The highest BCUT2D eigenvalue weighted by molar-refractivity contribution is 6.31. The number of hydrogen-bond acceptors (Lipinski definition) is 5. The molecule has 7 nitrogen and oxygen atoms in total. The van der Waals surface area contributed by atoms with Gasteiger partial charge >= 0.3 is 0 Å². The molecule has 0 unspecified atom stereocenters. The number of piperazine rings is 1. The number of nitrogens with one attached hydrogen (secondary N) is 2. The van der Waals surface area contributed by atoms with E-state index in [1.807, 2.05) is 12.1 Å². The second-order valence-electron chi connectivity index (χ2n) is 6.97. The van der Waals surface area contributed by atoms with Gasteiger partial charge in [-0.15, -0.1) is 0 Å². The summed E-state index contributed by atoms with van der Waals surface area (Å²) in [7, 11) is 6.75. The predicted molar refractivity (Wildman–Crippen MR) is 114 cm³/mol. The minimum absolute atomic E-state index is 0.285. The van der Waals surface area contributed by atoms with Gasteiger partial charge in [0.15, 0.2) is 11.5 Å². The Morgan fingerprint density at radius 3 is 2.21 bits per heavy atom. The van der Waals surface area contributed by atoms with Crippen LogP contribution in [0.15, 0.2) is 30.3 Å². The number of carbonyl (C=O) groups excluding carboxylic acids is 1. The Hall–Kier alpha value is -2.64. The molecule has 1 saturated heterocycles. The van der Waals surface area contributed by atoms with Gasteiger partial charge in [0.05, 0.1) is 65.9 Å². The van der Waals surface area contributed by atoms with Crippen LogP contribution in [0, 0.1) is 0 Å². The number of ether oxygens (including phenoxy) is 3. The summed E-state index contributed by atoms with van der Waals surface area (Å²) < 4.78 is 16.0. The highest BCUT2D eigenvalue weighted by atomic mass is 35.5. The zero-order chi connectivity index (χ0) is 21.0. The topological polar surface area (TPSA) is 64.5 Å². The number of methoxy groups -OCH3 is 3. The molecule has 1 aliphatic rings. The van der Waals surface area contributed by atoms with Gasteiger partial charge in [0.2, 0.25) is 5.75 Å². The molecular formula is C21H27ClN3O4+. The molecule has 8 heteroatoms. The summed E-state index contributed by atoms with van der Waals surface area (Å²) in [6, 6.07) is 8.82. The van der Waals surface area contributed by atoms with Crippen molar-refractivity contribution in [2.75, 3.05) is 64.8 Å². The molecule has 3 rings (SSSR count). The summed E-state index contributed by atoms with van der Waals surface area (Å²) in [5.74, 6) is 0.998. The van der Waals surface area contributed by atoms with E-state index in [1.165, 1.54) is 26.2 Å². The molecule has 29 heavy (non-hydrogen) atoms. The maximum atomic E-state index is 13.0. The number of rotatable bonds is 6. The molecule has 0 spiro atoms. The Morgan fingerprint density at radius 2 is 1.66 bits per heavy atom. The molecule has 0 saturated carbocycles. The van der Waals surface area contributed by atoms with Crippen molar-refractivity contribution >= 4 is 28.9 Å². The van der Waals surface area contributed by atoms with E-state index < -0.39 is 0 Å². The fraction of sp³-hybridized carbons (Fsp3) is 0.381. The van der Waals surface area contributed by atoms with Crippen molar-refractivity contribution in [1.82, 2.24) is 0 Å². The lowest BCUT2D eigenvalue weighted by molar-refractivity contribution is -0.880. The number of quaternary nitrogens is 1. The van der Waals surface area contributed by atoms with Gasteiger partial charge in [-0.3, -0.25) is 4.79 Å². The molecule has 0 aliphatic carbocycles. The predicted octanol–water partition coefficient (Wildman–Crippen LogP) is 1.95. The SMILES string of the molecule is COc1cc(C(=O)Nc2cc(Cl)ccc2N2CC[NH+](C)CC2)cc(OC)c1OC. The van der Waals surface area contributed by atoms with Crippen molar-refractivity contribution < 1.29 is 23.9 Å². The van der Waals surface area contributed by atoms with E-state index in [-0.39, 0.29) is 5.91 Å². The molecule has 0 atom stereocenters. The van der Waals surface area contributed by atoms with Gasteiger partial charge in [0.1, 0.15) is 0 Å². The van der Waals surface area contributed by atoms with E-state index in [2.05, 4.69) is 17.3 Å². The lowest BCUT2D eigenvalue weighted by Crippen LogP contribution is -3.12. The summed E-state index contributed by atoms with van der Waals surface area (Å²) in [5, 5.41) is 3.56. The molecule has 1 heterocycles.